The van der Waals surface area contributed by atoms with E-state index in [1.165, 1.54) is 24.4 Å². The van der Waals surface area contributed by atoms with Crippen LogP contribution < -0.4 is 10.6 Å². The Morgan fingerprint density at radius 2 is 1.83 bits per heavy atom. The van der Waals surface area contributed by atoms with Gasteiger partial charge < -0.3 is 10.6 Å². The molecule has 0 fully saturated rings. The molecule has 0 atom stereocenters. The van der Waals surface area contributed by atoms with E-state index in [1.807, 2.05) is 20.8 Å². The molecule has 0 saturated carbocycles. The fourth-order valence-electron chi connectivity index (χ4n) is 2.02. The van der Waals surface area contributed by atoms with Crippen molar-refractivity contribution in [2.75, 3.05) is 0 Å². The predicted octanol–water partition coefficient (Wildman–Crippen LogP) is 2.68. The first kappa shape index (κ1) is 17.6. The van der Waals surface area contributed by atoms with Crippen LogP contribution in [-0.2, 0) is 6.54 Å². The van der Waals surface area contributed by atoms with E-state index in [-0.39, 0.29) is 24.0 Å². The lowest BCUT2D eigenvalue weighted by atomic mass is 10.1. The minimum Gasteiger partial charge on any atom is -0.348 e. The molecule has 0 saturated heterocycles. The number of rotatable bonds is 4. The summed E-state index contributed by atoms with van der Waals surface area (Å²) in [5.74, 6) is -1.13. The molecule has 0 spiro atoms. The van der Waals surface area contributed by atoms with Crippen LogP contribution in [0.2, 0.25) is 0 Å². The van der Waals surface area contributed by atoms with Gasteiger partial charge in [0.15, 0.2) is 0 Å². The summed E-state index contributed by atoms with van der Waals surface area (Å²) >= 11 is 0. The number of pyridine rings is 1. The molecular formula is C18H20FN3O2. The van der Waals surface area contributed by atoms with Crippen LogP contribution in [0.5, 0.6) is 0 Å². The van der Waals surface area contributed by atoms with Gasteiger partial charge in [-0.15, -0.1) is 0 Å². The van der Waals surface area contributed by atoms with Crippen molar-refractivity contribution >= 4 is 11.8 Å². The second-order valence-electron chi connectivity index (χ2n) is 6.41. The van der Waals surface area contributed by atoms with Crippen LogP contribution in [0.3, 0.4) is 0 Å². The van der Waals surface area contributed by atoms with Gasteiger partial charge in [-0.2, -0.15) is 0 Å². The first-order valence-corrected chi connectivity index (χ1v) is 7.56. The maximum atomic E-state index is 13.6. The smallest absolute Gasteiger partial charge is 0.270 e. The molecule has 24 heavy (non-hydrogen) atoms. The van der Waals surface area contributed by atoms with E-state index in [0.717, 1.165) is 0 Å². The Morgan fingerprint density at radius 1 is 1.12 bits per heavy atom. The average Bonchev–Trinajstić information content (AvgIpc) is 2.52. The average molecular weight is 329 g/mol. The standard InChI is InChI=1S/C18H20FN3O2/c1-18(2,3)22-17(24)15-10-12(8-9-20-15)16(23)21-11-13-6-4-5-7-14(13)19/h4-10H,11H2,1-3H3,(H,21,23)(H,22,24). The van der Waals surface area contributed by atoms with Crippen LogP contribution in [0.1, 0.15) is 47.2 Å². The summed E-state index contributed by atoms with van der Waals surface area (Å²) in [7, 11) is 0. The van der Waals surface area contributed by atoms with Crippen LogP contribution >= 0.6 is 0 Å². The third-order valence-corrected chi connectivity index (χ3v) is 3.14. The molecular weight excluding hydrogens is 309 g/mol. The minimum absolute atomic E-state index is 0.0668. The zero-order chi connectivity index (χ0) is 17.7. The van der Waals surface area contributed by atoms with Crippen molar-refractivity contribution in [3.05, 3.63) is 65.2 Å². The van der Waals surface area contributed by atoms with Gasteiger partial charge in [0.2, 0.25) is 0 Å². The zero-order valence-corrected chi connectivity index (χ0v) is 13.9. The number of hydrogen-bond donors (Lipinski definition) is 2. The number of carbonyl (C=O) groups is 2. The summed E-state index contributed by atoms with van der Waals surface area (Å²) in [6.07, 6.45) is 1.40. The van der Waals surface area contributed by atoms with Crippen molar-refractivity contribution in [1.29, 1.82) is 0 Å². The number of nitrogens with zero attached hydrogens (tertiary/aromatic N) is 1. The highest BCUT2D eigenvalue weighted by molar-refractivity contribution is 5.98. The van der Waals surface area contributed by atoms with Gasteiger partial charge in [-0.1, -0.05) is 18.2 Å². The molecule has 5 nitrogen and oxygen atoms in total. The van der Waals surface area contributed by atoms with Crippen LogP contribution in [0, 0.1) is 5.82 Å². The lowest BCUT2D eigenvalue weighted by Gasteiger charge is -2.20. The van der Waals surface area contributed by atoms with E-state index in [0.29, 0.717) is 11.1 Å². The highest BCUT2D eigenvalue weighted by Crippen LogP contribution is 2.08. The summed E-state index contributed by atoms with van der Waals surface area (Å²) in [6, 6.07) is 9.14. The Morgan fingerprint density at radius 3 is 2.50 bits per heavy atom. The van der Waals surface area contributed by atoms with Crippen molar-refractivity contribution in [3.63, 3.8) is 0 Å². The number of carbonyl (C=O) groups excluding carboxylic acids is 2. The van der Waals surface area contributed by atoms with Gasteiger partial charge >= 0.3 is 0 Å². The van der Waals surface area contributed by atoms with Gasteiger partial charge in [-0.05, 0) is 39.0 Å². The lowest BCUT2D eigenvalue weighted by Crippen LogP contribution is -2.41. The summed E-state index contributed by atoms with van der Waals surface area (Å²) in [6.45, 7) is 5.64. The van der Waals surface area contributed by atoms with Gasteiger partial charge in [-0.25, -0.2) is 4.39 Å². The molecule has 2 N–H and O–H groups in total. The first-order valence-electron chi connectivity index (χ1n) is 7.56. The SMILES string of the molecule is CC(C)(C)NC(=O)c1cc(C(=O)NCc2ccccc2F)ccn1. The molecule has 6 heteroatoms. The maximum absolute atomic E-state index is 13.6. The van der Waals surface area contributed by atoms with Gasteiger partial charge in [-0.3, -0.25) is 14.6 Å². The summed E-state index contributed by atoms with van der Waals surface area (Å²) in [5.41, 5.74) is 0.441. The molecule has 0 aliphatic rings. The molecule has 2 rings (SSSR count). The molecule has 2 amide bonds. The van der Waals surface area contributed by atoms with E-state index in [1.54, 1.807) is 18.2 Å². The second kappa shape index (κ2) is 7.21. The lowest BCUT2D eigenvalue weighted by molar-refractivity contribution is 0.0914. The van der Waals surface area contributed by atoms with Gasteiger partial charge in [0, 0.05) is 29.4 Å². The highest BCUT2D eigenvalue weighted by atomic mass is 19.1. The second-order valence-corrected chi connectivity index (χ2v) is 6.41. The molecule has 2 aromatic rings. The summed E-state index contributed by atoms with van der Waals surface area (Å²) in [4.78, 5) is 28.3. The topological polar surface area (TPSA) is 71.1 Å². The quantitative estimate of drug-likeness (QED) is 0.906. The molecule has 1 aromatic carbocycles. The molecule has 0 aliphatic heterocycles. The van der Waals surface area contributed by atoms with E-state index in [2.05, 4.69) is 15.6 Å². The third-order valence-electron chi connectivity index (χ3n) is 3.14. The van der Waals surface area contributed by atoms with Crippen molar-refractivity contribution in [2.24, 2.45) is 0 Å². The van der Waals surface area contributed by atoms with Crippen LogP contribution in [-0.4, -0.2) is 22.3 Å². The van der Waals surface area contributed by atoms with Crippen molar-refractivity contribution < 1.29 is 14.0 Å². The fourth-order valence-corrected chi connectivity index (χ4v) is 2.02. The molecule has 0 aliphatic carbocycles. The molecule has 0 unspecified atom stereocenters. The van der Waals surface area contributed by atoms with Gasteiger partial charge in [0.1, 0.15) is 11.5 Å². The van der Waals surface area contributed by atoms with Crippen LogP contribution in [0.15, 0.2) is 42.6 Å². The van der Waals surface area contributed by atoms with E-state index in [9.17, 15) is 14.0 Å². The first-order chi connectivity index (χ1) is 11.3. The summed E-state index contributed by atoms with van der Waals surface area (Å²) < 4.78 is 13.6. The van der Waals surface area contributed by atoms with E-state index >= 15 is 0 Å². The minimum atomic E-state index is -0.401. The number of nitrogens with one attached hydrogen (secondary N) is 2. The molecule has 1 aromatic heterocycles. The normalized spacial score (nSPS) is 11.0. The Hall–Kier alpha value is -2.76. The van der Waals surface area contributed by atoms with Crippen molar-refractivity contribution in [3.8, 4) is 0 Å². The largest absolute Gasteiger partial charge is 0.348 e. The molecule has 126 valence electrons. The fraction of sp³-hybridized carbons (Fsp3) is 0.278. The van der Waals surface area contributed by atoms with Crippen LogP contribution in [0.4, 0.5) is 4.39 Å². The molecule has 0 bridgehead atoms. The number of hydrogen-bond acceptors (Lipinski definition) is 3. The predicted molar refractivity (Wildman–Crippen MR) is 89.0 cm³/mol. The molecule has 0 radical (unpaired) electrons. The van der Waals surface area contributed by atoms with Gasteiger partial charge in [0.25, 0.3) is 11.8 Å². The highest BCUT2D eigenvalue weighted by Gasteiger charge is 2.17. The van der Waals surface area contributed by atoms with E-state index in [4.69, 9.17) is 0 Å². The zero-order valence-electron chi connectivity index (χ0n) is 13.9. The monoisotopic (exact) mass is 329 g/mol. The number of amides is 2. The Kier molecular flexibility index (Phi) is 5.28. The van der Waals surface area contributed by atoms with Crippen molar-refractivity contribution in [2.45, 2.75) is 32.9 Å². The van der Waals surface area contributed by atoms with Crippen molar-refractivity contribution in [1.82, 2.24) is 15.6 Å². The Labute approximate surface area is 140 Å². The van der Waals surface area contributed by atoms with Crippen LogP contribution in [0.25, 0.3) is 0 Å². The Balaban J connectivity index is 2.06. The number of aromatic nitrogens is 1. The maximum Gasteiger partial charge on any atom is 0.270 e. The summed E-state index contributed by atoms with van der Waals surface area (Å²) in [5, 5.41) is 5.42. The number of halogens is 1. The van der Waals surface area contributed by atoms with Gasteiger partial charge in [0.05, 0.1) is 0 Å². The van der Waals surface area contributed by atoms with E-state index < -0.39 is 11.4 Å². The number of benzene rings is 1. The molecule has 1 heterocycles. The third kappa shape index (κ3) is 4.87. The Bertz CT molecular complexity index is 754.